The molecule has 4 heteroatoms. The Labute approximate surface area is 533 Å². The summed E-state index contributed by atoms with van der Waals surface area (Å²) < 4.78 is 0. The minimum absolute atomic E-state index is 0.0710. The molecule has 0 aliphatic heterocycles. The zero-order chi connectivity index (χ0) is 61.2. The average Bonchev–Trinajstić information content (AvgIpc) is 3.51. The van der Waals surface area contributed by atoms with E-state index in [9.17, 15) is 15.0 Å². The fourth-order valence-electron chi connectivity index (χ4n) is 12.0. The number of allylic oxidation sites excluding steroid dienone is 11. The monoisotopic (exact) mass is 1190 g/mol. The van der Waals surface area contributed by atoms with Crippen molar-refractivity contribution in [3.8, 4) is 0 Å². The number of nitrogens with one attached hydrogen (secondary N) is 1. The molecule has 0 aromatic carbocycles. The molecule has 0 spiro atoms. The quantitative estimate of drug-likeness (QED) is 0.0420. The highest BCUT2D eigenvalue weighted by Crippen LogP contribution is 2.19. The van der Waals surface area contributed by atoms with Crippen molar-refractivity contribution in [2.24, 2.45) is 0 Å². The summed E-state index contributed by atoms with van der Waals surface area (Å²) in [6, 6.07) is -0.649. The maximum Gasteiger partial charge on any atom is 0.220 e. The highest BCUT2D eigenvalue weighted by molar-refractivity contribution is 5.76. The number of rotatable bonds is 72. The summed E-state index contributed by atoms with van der Waals surface area (Å²) in [6.07, 6.45) is 110. The molecule has 0 saturated carbocycles. The van der Waals surface area contributed by atoms with E-state index in [1.165, 1.54) is 347 Å². The Kier molecular flexibility index (Phi) is 74.1. The number of carbonyl (C=O) groups excluding carboxylic acids is 1. The van der Waals surface area contributed by atoms with E-state index in [4.69, 9.17) is 0 Å². The molecular formula is C81H151NO3. The second-order valence-corrected chi connectivity index (χ2v) is 26.4. The lowest BCUT2D eigenvalue weighted by molar-refractivity contribution is -0.123. The largest absolute Gasteiger partial charge is 0.394 e. The lowest BCUT2D eigenvalue weighted by atomic mass is 10.0. The summed E-state index contributed by atoms with van der Waals surface area (Å²) in [5, 5.41) is 23.3. The second-order valence-electron chi connectivity index (χ2n) is 26.4. The Morgan fingerprint density at radius 3 is 0.765 bits per heavy atom. The molecule has 0 heterocycles. The summed E-state index contributed by atoms with van der Waals surface area (Å²) in [6.45, 7) is 4.32. The molecule has 0 radical (unpaired) electrons. The van der Waals surface area contributed by atoms with Crippen LogP contribution in [0.5, 0.6) is 0 Å². The lowest BCUT2D eigenvalue weighted by Crippen LogP contribution is -2.45. The molecule has 0 aromatic rings. The van der Waals surface area contributed by atoms with Crippen LogP contribution >= 0.6 is 0 Å². The summed E-state index contributed by atoms with van der Waals surface area (Å²) in [5.41, 5.74) is 0. The van der Waals surface area contributed by atoms with E-state index in [2.05, 4.69) is 79.9 Å². The number of unbranched alkanes of at least 4 members (excludes halogenated alkanes) is 55. The molecule has 2 atom stereocenters. The molecule has 4 nitrogen and oxygen atoms in total. The van der Waals surface area contributed by atoms with Crippen molar-refractivity contribution >= 4 is 5.91 Å². The first-order valence-corrected chi connectivity index (χ1v) is 38.7. The van der Waals surface area contributed by atoms with Crippen molar-refractivity contribution < 1.29 is 15.0 Å². The first kappa shape index (κ1) is 82.8. The van der Waals surface area contributed by atoms with Gasteiger partial charge in [0.15, 0.2) is 0 Å². The standard InChI is InChI=1S/C81H151NO3/c1-3-5-7-9-11-13-15-17-19-21-23-25-27-29-31-33-35-37-38-39-40-41-42-43-44-45-47-49-51-53-55-57-59-61-63-65-67-69-71-73-75-77-81(85)82-79(78-83)80(84)76-74-72-70-68-66-64-62-60-58-56-54-52-50-48-46-36-34-32-30-28-26-24-22-20-18-16-14-12-10-8-6-4-2/h15,17,21,23,27,29,58,60,66,68,74,76,79-80,83-84H,3-14,16,18-20,22,24-26,28,30-57,59,61-65,67,69-73,75,77-78H2,1-2H3,(H,82,85)/b17-15-,23-21-,29-27-,60-58+,68-66+,76-74+. The molecule has 1 amide bonds. The van der Waals surface area contributed by atoms with Crippen LogP contribution in [-0.4, -0.2) is 34.9 Å². The van der Waals surface area contributed by atoms with Gasteiger partial charge in [-0.2, -0.15) is 0 Å². The number of hydrogen-bond acceptors (Lipinski definition) is 3. The van der Waals surface area contributed by atoms with E-state index in [1.807, 2.05) is 6.08 Å². The Morgan fingerprint density at radius 2 is 0.494 bits per heavy atom. The first-order chi connectivity index (χ1) is 42.2. The van der Waals surface area contributed by atoms with E-state index in [-0.39, 0.29) is 12.5 Å². The predicted molar refractivity (Wildman–Crippen MR) is 382 cm³/mol. The SMILES string of the molecule is CCCCCCC/C=C\C/C=C\C/C=C\CCCCCCCCCCCCCCCCCCCCCCCCCCCCC(=O)NC(CO)C(O)/C=C/CC/C=C/CC/C=C/CCCCCCCCCCCCCCCCCCCCCCCC. The smallest absolute Gasteiger partial charge is 0.220 e. The molecule has 85 heavy (non-hydrogen) atoms. The summed E-state index contributed by atoms with van der Waals surface area (Å²) in [5.74, 6) is -0.0710. The number of aliphatic hydroxyl groups excluding tert-OH is 2. The van der Waals surface area contributed by atoms with Gasteiger partial charge in [0.05, 0.1) is 18.8 Å². The van der Waals surface area contributed by atoms with Crippen LogP contribution in [0.3, 0.4) is 0 Å². The Morgan fingerprint density at radius 1 is 0.282 bits per heavy atom. The second kappa shape index (κ2) is 76.1. The lowest BCUT2D eigenvalue weighted by Gasteiger charge is -2.19. The van der Waals surface area contributed by atoms with Gasteiger partial charge in [0, 0.05) is 6.42 Å². The van der Waals surface area contributed by atoms with Gasteiger partial charge < -0.3 is 15.5 Å². The molecule has 0 fully saturated rings. The maximum absolute atomic E-state index is 12.6. The maximum atomic E-state index is 12.6. The third-order valence-corrected chi connectivity index (χ3v) is 17.9. The van der Waals surface area contributed by atoms with Crippen LogP contribution in [0.15, 0.2) is 72.9 Å². The van der Waals surface area contributed by atoms with Crippen LogP contribution in [0.4, 0.5) is 0 Å². The Balaban J connectivity index is 3.45. The molecular weight excluding hydrogens is 1030 g/mol. The average molecular weight is 1190 g/mol. The van der Waals surface area contributed by atoms with Gasteiger partial charge in [0.2, 0.25) is 5.91 Å². The van der Waals surface area contributed by atoms with E-state index in [1.54, 1.807) is 6.08 Å². The van der Waals surface area contributed by atoms with E-state index >= 15 is 0 Å². The highest BCUT2D eigenvalue weighted by atomic mass is 16.3. The van der Waals surface area contributed by atoms with Crippen LogP contribution < -0.4 is 5.32 Å². The van der Waals surface area contributed by atoms with Gasteiger partial charge in [-0.1, -0.05) is 401 Å². The zero-order valence-corrected chi connectivity index (χ0v) is 57.6. The predicted octanol–water partition coefficient (Wildman–Crippen LogP) is 26.8. The van der Waals surface area contributed by atoms with E-state index in [0.717, 1.165) is 51.4 Å². The summed E-state index contributed by atoms with van der Waals surface area (Å²) in [7, 11) is 0. The summed E-state index contributed by atoms with van der Waals surface area (Å²) >= 11 is 0. The number of amides is 1. The molecule has 0 aliphatic rings. The summed E-state index contributed by atoms with van der Waals surface area (Å²) in [4.78, 5) is 12.6. The van der Waals surface area contributed by atoms with Crippen molar-refractivity contribution in [3.05, 3.63) is 72.9 Å². The van der Waals surface area contributed by atoms with Gasteiger partial charge in [0.25, 0.3) is 0 Å². The molecule has 2 unspecified atom stereocenters. The first-order valence-electron chi connectivity index (χ1n) is 38.7. The minimum Gasteiger partial charge on any atom is -0.394 e. The Bertz CT molecular complexity index is 1440. The molecule has 0 rings (SSSR count). The number of hydrogen-bond donors (Lipinski definition) is 3. The third kappa shape index (κ3) is 72.5. The molecule has 0 saturated heterocycles. The fourth-order valence-corrected chi connectivity index (χ4v) is 12.0. The van der Waals surface area contributed by atoms with Crippen LogP contribution in [0, 0.1) is 0 Å². The van der Waals surface area contributed by atoms with Gasteiger partial charge in [0.1, 0.15) is 0 Å². The van der Waals surface area contributed by atoms with Crippen molar-refractivity contribution in [1.82, 2.24) is 5.32 Å². The minimum atomic E-state index is -0.874. The van der Waals surface area contributed by atoms with Crippen LogP contribution in [-0.2, 0) is 4.79 Å². The normalized spacial score (nSPS) is 13.0. The van der Waals surface area contributed by atoms with E-state index < -0.39 is 12.1 Å². The molecule has 0 aliphatic carbocycles. The third-order valence-electron chi connectivity index (χ3n) is 17.9. The van der Waals surface area contributed by atoms with Gasteiger partial charge in [-0.25, -0.2) is 0 Å². The van der Waals surface area contributed by atoms with Crippen molar-refractivity contribution in [2.45, 2.75) is 431 Å². The highest BCUT2D eigenvalue weighted by Gasteiger charge is 2.18. The van der Waals surface area contributed by atoms with Crippen LogP contribution in [0.1, 0.15) is 418 Å². The van der Waals surface area contributed by atoms with Gasteiger partial charge in [-0.15, -0.1) is 0 Å². The molecule has 3 N–H and O–H groups in total. The number of carbonyl (C=O) groups is 1. The molecule has 498 valence electrons. The van der Waals surface area contributed by atoms with Crippen molar-refractivity contribution in [3.63, 3.8) is 0 Å². The zero-order valence-electron chi connectivity index (χ0n) is 57.6. The van der Waals surface area contributed by atoms with Crippen LogP contribution in [0.2, 0.25) is 0 Å². The topological polar surface area (TPSA) is 69.6 Å². The molecule has 0 bridgehead atoms. The van der Waals surface area contributed by atoms with Crippen molar-refractivity contribution in [1.29, 1.82) is 0 Å². The van der Waals surface area contributed by atoms with Gasteiger partial charge >= 0.3 is 0 Å². The van der Waals surface area contributed by atoms with Crippen molar-refractivity contribution in [2.75, 3.05) is 6.61 Å². The van der Waals surface area contributed by atoms with Gasteiger partial charge in [-0.3, -0.25) is 4.79 Å². The molecule has 0 aromatic heterocycles. The van der Waals surface area contributed by atoms with Gasteiger partial charge in [-0.05, 0) is 83.5 Å². The van der Waals surface area contributed by atoms with E-state index in [0.29, 0.717) is 6.42 Å². The number of aliphatic hydroxyl groups is 2. The Hall–Kier alpha value is -2.17. The van der Waals surface area contributed by atoms with Crippen LogP contribution in [0.25, 0.3) is 0 Å². The fraction of sp³-hybridized carbons (Fsp3) is 0.840.